The molecule has 28 heavy (non-hydrogen) atoms. The van der Waals surface area contributed by atoms with Gasteiger partial charge in [0.25, 0.3) is 0 Å². The van der Waals surface area contributed by atoms with Crippen molar-refractivity contribution in [2.24, 2.45) is 0 Å². The molecule has 1 aliphatic heterocycles. The number of piperidine rings is 1. The van der Waals surface area contributed by atoms with E-state index in [-0.39, 0.29) is 5.97 Å². The number of benzene rings is 1. The third-order valence-corrected chi connectivity index (χ3v) is 5.56. The van der Waals surface area contributed by atoms with Gasteiger partial charge < -0.3 is 14.5 Å². The number of aromatic amines is 1. The highest BCUT2D eigenvalue weighted by Crippen LogP contribution is 2.36. The van der Waals surface area contributed by atoms with E-state index in [1.807, 2.05) is 30.5 Å². The first-order valence-corrected chi connectivity index (χ1v) is 9.59. The molecule has 6 nitrogen and oxygen atoms in total. The molecule has 3 aromatic rings. The van der Waals surface area contributed by atoms with Gasteiger partial charge in [0.05, 0.1) is 20.8 Å². The summed E-state index contributed by atoms with van der Waals surface area (Å²) in [5, 5.41) is 1.11. The molecule has 0 amide bonds. The summed E-state index contributed by atoms with van der Waals surface area (Å²) in [4.78, 5) is 21.7. The number of pyridine rings is 1. The fourth-order valence-corrected chi connectivity index (χ4v) is 4.02. The molecule has 0 saturated carbocycles. The Morgan fingerprint density at radius 2 is 1.96 bits per heavy atom. The van der Waals surface area contributed by atoms with Crippen LogP contribution in [-0.4, -0.2) is 54.7 Å². The predicted octanol–water partition coefficient (Wildman–Crippen LogP) is 3.59. The summed E-state index contributed by atoms with van der Waals surface area (Å²) < 4.78 is 10.3. The van der Waals surface area contributed by atoms with Crippen LogP contribution in [0.5, 0.6) is 5.75 Å². The first kappa shape index (κ1) is 18.5. The van der Waals surface area contributed by atoms with Crippen molar-refractivity contribution < 1.29 is 14.3 Å². The van der Waals surface area contributed by atoms with Crippen LogP contribution in [0.2, 0.25) is 0 Å². The summed E-state index contributed by atoms with van der Waals surface area (Å²) in [6.07, 6.45) is 3.85. The molecule has 3 heterocycles. The maximum atomic E-state index is 11.5. The minimum atomic E-state index is -0.172. The molecule has 6 heteroatoms. The summed E-state index contributed by atoms with van der Waals surface area (Å²) >= 11 is 0. The number of carbonyl (C=O) groups excluding carboxylic acids is 1. The second kappa shape index (κ2) is 8.02. The summed E-state index contributed by atoms with van der Waals surface area (Å²) in [6.45, 7) is 2.15. The molecule has 0 spiro atoms. The standard InChI is InChI=1S/C22H25N3O3/c1-27-20-6-4-3-5-17(20)16-7-10-23-22-18(16)13-19(24-22)15-8-11-25(12-9-15)14-21(26)28-2/h3-7,10,13,15H,8-9,11-12,14H2,1-2H3,(H,23,24). The Kier molecular flexibility index (Phi) is 5.30. The third-order valence-electron chi connectivity index (χ3n) is 5.56. The van der Waals surface area contributed by atoms with Crippen molar-refractivity contribution in [1.82, 2.24) is 14.9 Å². The number of aromatic nitrogens is 2. The van der Waals surface area contributed by atoms with Crippen molar-refractivity contribution in [3.63, 3.8) is 0 Å². The summed E-state index contributed by atoms with van der Waals surface area (Å²) in [7, 11) is 3.13. The van der Waals surface area contributed by atoms with Crippen molar-refractivity contribution in [1.29, 1.82) is 0 Å². The Morgan fingerprint density at radius 1 is 1.18 bits per heavy atom. The van der Waals surface area contributed by atoms with Crippen molar-refractivity contribution in [2.45, 2.75) is 18.8 Å². The maximum Gasteiger partial charge on any atom is 0.319 e. The topological polar surface area (TPSA) is 67.4 Å². The molecule has 146 valence electrons. The van der Waals surface area contributed by atoms with Crippen LogP contribution in [0.15, 0.2) is 42.6 Å². The number of fused-ring (bicyclic) bond motifs is 1. The van der Waals surface area contributed by atoms with Crippen molar-refractivity contribution in [3.05, 3.63) is 48.3 Å². The number of nitrogens with zero attached hydrogens (tertiary/aromatic N) is 2. The molecule has 1 aliphatic rings. The quantitative estimate of drug-likeness (QED) is 0.686. The number of hydrogen-bond donors (Lipinski definition) is 1. The fraction of sp³-hybridized carbons (Fsp3) is 0.364. The minimum Gasteiger partial charge on any atom is -0.496 e. The summed E-state index contributed by atoms with van der Waals surface area (Å²) in [6, 6.07) is 12.3. The van der Waals surface area contributed by atoms with Gasteiger partial charge >= 0.3 is 5.97 Å². The van der Waals surface area contributed by atoms with Crippen LogP contribution in [0, 0.1) is 0 Å². The largest absolute Gasteiger partial charge is 0.496 e. The van der Waals surface area contributed by atoms with Crippen molar-refractivity contribution in [2.75, 3.05) is 33.9 Å². The van der Waals surface area contributed by atoms with E-state index in [0.29, 0.717) is 12.5 Å². The Bertz CT molecular complexity index is 974. The van der Waals surface area contributed by atoms with Gasteiger partial charge in [-0.15, -0.1) is 0 Å². The molecule has 4 rings (SSSR count). The molecule has 1 N–H and O–H groups in total. The van der Waals surface area contributed by atoms with Gasteiger partial charge in [-0.05, 0) is 49.7 Å². The van der Waals surface area contributed by atoms with Crippen molar-refractivity contribution >= 4 is 17.0 Å². The Balaban J connectivity index is 1.59. The second-order valence-electron chi connectivity index (χ2n) is 7.17. The van der Waals surface area contributed by atoms with Crippen LogP contribution in [0.1, 0.15) is 24.5 Å². The zero-order valence-electron chi connectivity index (χ0n) is 16.3. The maximum absolute atomic E-state index is 11.5. The van der Waals surface area contributed by atoms with Gasteiger partial charge in [-0.1, -0.05) is 18.2 Å². The van der Waals surface area contributed by atoms with Crippen LogP contribution < -0.4 is 4.74 Å². The highest BCUT2D eigenvalue weighted by molar-refractivity contribution is 5.95. The van der Waals surface area contributed by atoms with Gasteiger partial charge in [0.1, 0.15) is 11.4 Å². The van der Waals surface area contributed by atoms with E-state index < -0.39 is 0 Å². The molecule has 0 atom stereocenters. The van der Waals surface area contributed by atoms with Gasteiger partial charge in [0, 0.05) is 28.8 Å². The fourth-order valence-electron chi connectivity index (χ4n) is 4.02. The summed E-state index contributed by atoms with van der Waals surface area (Å²) in [5.74, 6) is 1.12. The average molecular weight is 379 g/mol. The number of rotatable bonds is 5. The number of nitrogens with one attached hydrogen (secondary N) is 1. The van der Waals surface area contributed by atoms with E-state index in [4.69, 9.17) is 9.47 Å². The van der Waals surface area contributed by atoms with Crippen molar-refractivity contribution in [3.8, 4) is 16.9 Å². The number of para-hydroxylation sites is 1. The smallest absolute Gasteiger partial charge is 0.319 e. The van der Waals surface area contributed by atoms with E-state index in [1.165, 1.54) is 12.8 Å². The zero-order chi connectivity index (χ0) is 19.5. The van der Waals surface area contributed by atoms with Gasteiger partial charge in [0.15, 0.2) is 0 Å². The lowest BCUT2D eigenvalue weighted by atomic mass is 9.93. The zero-order valence-corrected chi connectivity index (χ0v) is 16.3. The van der Waals surface area contributed by atoms with Gasteiger partial charge in [-0.3, -0.25) is 9.69 Å². The second-order valence-corrected chi connectivity index (χ2v) is 7.17. The highest BCUT2D eigenvalue weighted by atomic mass is 16.5. The number of esters is 1. The number of ether oxygens (including phenoxy) is 2. The van der Waals surface area contributed by atoms with E-state index in [2.05, 4.69) is 27.0 Å². The molecular weight excluding hydrogens is 354 g/mol. The lowest BCUT2D eigenvalue weighted by Crippen LogP contribution is -2.37. The molecular formula is C22H25N3O3. The minimum absolute atomic E-state index is 0.172. The first-order valence-electron chi connectivity index (χ1n) is 9.59. The number of likely N-dealkylation sites (tertiary alicyclic amines) is 1. The van der Waals surface area contributed by atoms with Crippen LogP contribution in [-0.2, 0) is 9.53 Å². The normalized spacial score (nSPS) is 15.6. The molecule has 0 bridgehead atoms. The molecule has 2 aromatic heterocycles. The van der Waals surface area contributed by atoms with Gasteiger partial charge in [-0.2, -0.15) is 0 Å². The lowest BCUT2D eigenvalue weighted by molar-refractivity contribution is -0.142. The highest BCUT2D eigenvalue weighted by Gasteiger charge is 2.24. The van der Waals surface area contributed by atoms with Crippen LogP contribution in [0.4, 0.5) is 0 Å². The first-order chi connectivity index (χ1) is 13.7. The Hall–Kier alpha value is -2.86. The molecule has 0 radical (unpaired) electrons. The van der Waals surface area contributed by atoms with E-state index in [9.17, 15) is 4.79 Å². The van der Waals surface area contributed by atoms with Gasteiger partial charge in [0.2, 0.25) is 0 Å². The molecule has 1 fully saturated rings. The summed E-state index contributed by atoms with van der Waals surface area (Å²) in [5.41, 5.74) is 4.29. The molecule has 1 saturated heterocycles. The Morgan fingerprint density at radius 3 is 2.71 bits per heavy atom. The molecule has 0 unspecified atom stereocenters. The SMILES string of the molecule is COC(=O)CN1CCC(c2cc3c(-c4ccccc4OC)ccnc3[nH]2)CC1. The van der Waals surface area contributed by atoms with Crippen LogP contribution >= 0.6 is 0 Å². The Labute approximate surface area is 164 Å². The van der Waals surface area contributed by atoms with Crippen LogP contribution in [0.3, 0.4) is 0 Å². The van der Waals surface area contributed by atoms with Gasteiger partial charge in [-0.25, -0.2) is 4.98 Å². The third kappa shape index (κ3) is 3.60. The predicted molar refractivity (Wildman–Crippen MR) is 109 cm³/mol. The number of carbonyl (C=O) groups is 1. The monoisotopic (exact) mass is 379 g/mol. The number of H-pyrrole nitrogens is 1. The number of methoxy groups -OCH3 is 2. The molecule has 0 aliphatic carbocycles. The van der Waals surface area contributed by atoms with E-state index in [1.54, 1.807) is 7.11 Å². The molecule has 1 aromatic carbocycles. The number of hydrogen-bond acceptors (Lipinski definition) is 5. The average Bonchev–Trinajstić information content (AvgIpc) is 3.18. The van der Waals surface area contributed by atoms with E-state index in [0.717, 1.165) is 53.8 Å². The van der Waals surface area contributed by atoms with E-state index >= 15 is 0 Å². The lowest BCUT2D eigenvalue weighted by Gasteiger charge is -2.30. The van der Waals surface area contributed by atoms with Crippen LogP contribution in [0.25, 0.3) is 22.2 Å².